The molecule has 7 heteroatoms. The molecular weight excluding hydrogens is 288 g/mol. The van der Waals surface area contributed by atoms with Gasteiger partial charge < -0.3 is 4.98 Å². The molecule has 0 bridgehead atoms. The first-order valence-electron chi connectivity index (χ1n) is 7.18. The summed E-state index contributed by atoms with van der Waals surface area (Å²) < 4.78 is 2.75. The van der Waals surface area contributed by atoms with E-state index in [2.05, 4.69) is 9.97 Å². The fraction of sp³-hybridized carbons (Fsp3) is 0.571. The minimum absolute atomic E-state index is 0.271. The lowest BCUT2D eigenvalue weighted by atomic mass is 10.0. The molecule has 2 heterocycles. The fourth-order valence-electron chi connectivity index (χ4n) is 3.11. The van der Waals surface area contributed by atoms with Crippen LogP contribution in [0.2, 0.25) is 0 Å². The molecule has 0 amide bonds. The highest BCUT2D eigenvalue weighted by atomic mass is 32.1. The zero-order valence-electron chi connectivity index (χ0n) is 12.2. The molecular formula is C14H18N4O2S. The van der Waals surface area contributed by atoms with Crippen molar-refractivity contribution in [2.24, 2.45) is 20.0 Å². The number of rotatable bonds is 2. The summed E-state index contributed by atoms with van der Waals surface area (Å²) in [7, 11) is 3.08. The molecule has 0 spiro atoms. The summed E-state index contributed by atoms with van der Waals surface area (Å²) in [5, 5.41) is 0.310. The molecule has 1 saturated carbocycles. The van der Waals surface area contributed by atoms with Crippen molar-refractivity contribution in [3.05, 3.63) is 31.3 Å². The molecule has 21 heavy (non-hydrogen) atoms. The molecule has 112 valence electrons. The number of nitrogens with zero attached hydrogens (tertiary/aromatic N) is 3. The third kappa shape index (κ3) is 2.35. The molecule has 0 aromatic carbocycles. The average molecular weight is 306 g/mol. The Balaban J connectivity index is 2.22. The number of hydrogen-bond donors (Lipinski definition) is 1. The maximum atomic E-state index is 12.2. The maximum absolute atomic E-state index is 12.2. The van der Waals surface area contributed by atoms with E-state index < -0.39 is 5.56 Å². The van der Waals surface area contributed by atoms with Gasteiger partial charge >= 0.3 is 5.69 Å². The van der Waals surface area contributed by atoms with Gasteiger partial charge in [-0.05, 0) is 5.92 Å². The summed E-state index contributed by atoms with van der Waals surface area (Å²) >= 11 is 5.27. The van der Waals surface area contributed by atoms with Crippen LogP contribution in [0.25, 0.3) is 11.0 Å². The van der Waals surface area contributed by atoms with E-state index in [1.54, 1.807) is 7.05 Å². The van der Waals surface area contributed by atoms with Crippen molar-refractivity contribution in [2.75, 3.05) is 0 Å². The van der Waals surface area contributed by atoms with Gasteiger partial charge in [0, 0.05) is 20.5 Å². The summed E-state index contributed by atoms with van der Waals surface area (Å²) in [6.45, 7) is 0. The zero-order chi connectivity index (χ0) is 15.1. The highest BCUT2D eigenvalue weighted by molar-refractivity contribution is 7.71. The molecule has 2 aromatic rings. The van der Waals surface area contributed by atoms with Gasteiger partial charge in [0.25, 0.3) is 5.56 Å². The van der Waals surface area contributed by atoms with Gasteiger partial charge in [0.05, 0.1) is 0 Å². The first-order valence-corrected chi connectivity index (χ1v) is 7.58. The van der Waals surface area contributed by atoms with E-state index in [0.717, 1.165) is 16.8 Å². The largest absolute Gasteiger partial charge is 0.332 e. The van der Waals surface area contributed by atoms with Crippen LogP contribution in [0.5, 0.6) is 0 Å². The summed E-state index contributed by atoms with van der Waals surface area (Å²) in [6.07, 6.45) is 5.75. The second-order valence-electron chi connectivity index (χ2n) is 5.77. The molecule has 3 rings (SSSR count). The number of hydrogen-bond acceptors (Lipinski definition) is 4. The van der Waals surface area contributed by atoms with Crippen molar-refractivity contribution in [3.63, 3.8) is 0 Å². The SMILES string of the molecule is Cn1c(=O)c2c(=S)nc(CC3CCCC3)[nH]c2n(C)c1=O. The standard InChI is InChI=1S/C14H18N4O2S/c1-17-11-10(13(19)18(2)14(17)20)12(21)16-9(15-11)7-8-5-3-4-6-8/h8H,3-7H2,1-2H3,(H,15,16,21). The predicted molar refractivity (Wildman–Crippen MR) is 83.1 cm³/mol. The summed E-state index contributed by atoms with van der Waals surface area (Å²) in [4.78, 5) is 31.7. The average Bonchev–Trinajstić information content (AvgIpc) is 2.95. The lowest BCUT2D eigenvalue weighted by Gasteiger charge is -2.11. The van der Waals surface area contributed by atoms with Gasteiger partial charge in [-0.2, -0.15) is 0 Å². The second-order valence-corrected chi connectivity index (χ2v) is 6.16. The van der Waals surface area contributed by atoms with Crippen LogP contribution in [-0.4, -0.2) is 19.1 Å². The van der Waals surface area contributed by atoms with E-state index in [0.29, 0.717) is 17.0 Å². The first-order chi connectivity index (χ1) is 9.99. The van der Waals surface area contributed by atoms with E-state index in [-0.39, 0.29) is 10.3 Å². The Morgan fingerprint density at radius 3 is 2.57 bits per heavy atom. The van der Waals surface area contributed by atoms with Gasteiger partial charge in [0.1, 0.15) is 21.5 Å². The minimum Gasteiger partial charge on any atom is -0.329 e. The summed E-state index contributed by atoms with van der Waals surface area (Å²) in [5.41, 5.74) is -0.290. The number of H-pyrrole nitrogens is 1. The lowest BCUT2D eigenvalue weighted by Crippen LogP contribution is -2.37. The third-order valence-electron chi connectivity index (χ3n) is 4.33. The van der Waals surface area contributed by atoms with Gasteiger partial charge in [0.15, 0.2) is 0 Å². The van der Waals surface area contributed by atoms with E-state index >= 15 is 0 Å². The fourth-order valence-corrected chi connectivity index (χ4v) is 3.41. The summed E-state index contributed by atoms with van der Waals surface area (Å²) in [5.74, 6) is 1.38. The van der Waals surface area contributed by atoms with Crippen LogP contribution in [0.15, 0.2) is 9.59 Å². The van der Waals surface area contributed by atoms with Crippen molar-refractivity contribution in [1.29, 1.82) is 0 Å². The molecule has 1 fully saturated rings. The quantitative estimate of drug-likeness (QED) is 0.852. The number of aromatic nitrogens is 4. The Hall–Kier alpha value is -1.76. The Morgan fingerprint density at radius 1 is 1.24 bits per heavy atom. The van der Waals surface area contributed by atoms with Crippen LogP contribution < -0.4 is 11.2 Å². The lowest BCUT2D eigenvalue weighted by molar-refractivity contribution is 0.530. The molecule has 0 saturated heterocycles. The monoisotopic (exact) mass is 306 g/mol. The number of nitrogens with one attached hydrogen (secondary N) is 1. The first kappa shape index (κ1) is 14.2. The number of fused-ring (bicyclic) bond motifs is 1. The maximum Gasteiger partial charge on any atom is 0.332 e. The van der Waals surface area contributed by atoms with Crippen LogP contribution >= 0.6 is 12.2 Å². The topological polar surface area (TPSA) is 72.7 Å². The van der Waals surface area contributed by atoms with Crippen LogP contribution in [0.3, 0.4) is 0 Å². The number of aryl methyl sites for hydroxylation is 1. The highest BCUT2D eigenvalue weighted by Crippen LogP contribution is 2.27. The Kier molecular flexibility index (Phi) is 3.52. The van der Waals surface area contributed by atoms with Crippen molar-refractivity contribution in [1.82, 2.24) is 19.1 Å². The predicted octanol–water partition coefficient (Wildman–Crippen LogP) is 1.42. The molecule has 1 aliphatic carbocycles. The van der Waals surface area contributed by atoms with Crippen LogP contribution in [0.4, 0.5) is 0 Å². The molecule has 1 N–H and O–H groups in total. The second kappa shape index (κ2) is 5.22. The van der Waals surface area contributed by atoms with Crippen molar-refractivity contribution in [2.45, 2.75) is 32.1 Å². The van der Waals surface area contributed by atoms with E-state index in [4.69, 9.17) is 12.2 Å². The molecule has 0 unspecified atom stereocenters. The van der Waals surface area contributed by atoms with Crippen molar-refractivity contribution >= 4 is 23.3 Å². The minimum atomic E-state index is -0.394. The van der Waals surface area contributed by atoms with Gasteiger partial charge in [-0.1, -0.05) is 37.9 Å². The Labute approximate surface area is 126 Å². The van der Waals surface area contributed by atoms with Crippen LogP contribution in [0.1, 0.15) is 31.5 Å². The van der Waals surface area contributed by atoms with Gasteiger partial charge in [-0.3, -0.25) is 13.9 Å². The van der Waals surface area contributed by atoms with E-state index in [9.17, 15) is 9.59 Å². The third-order valence-corrected chi connectivity index (χ3v) is 4.63. The normalized spacial score (nSPS) is 15.9. The highest BCUT2D eigenvalue weighted by Gasteiger charge is 2.18. The number of aromatic amines is 1. The Morgan fingerprint density at radius 2 is 1.90 bits per heavy atom. The van der Waals surface area contributed by atoms with E-state index in [1.165, 1.54) is 37.3 Å². The smallest absolute Gasteiger partial charge is 0.329 e. The molecule has 0 atom stereocenters. The van der Waals surface area contributed by atoms with E-state index in [1.807, 2.05) is 0 Å². The van der Waals surface area contributed by atoms with Crippen LogP contribution in [-0.2, 0) is 20.5 Å². The molecule has 2 aromatic heterocycles. The van der Waals surface area contributed by atoms with Crippen LogP contribution in [0, 0.1) is 10.6 Å². The molecule has 1 aliphatic rings. The van der Waals surface area contributed by atoms with Gasteiger partial charge in [-0.25, -0.2) is 9.78 Å². The zero-order valence-corrected chi connectivity index (χ0v) is 13.0. The summed E-state index contributed by atoms with van der Waals surface area (Å²) in [6, 6.07) is 0. The molecule has 0 aliphatic heterocycles. The Bertz CT molecular complexity index is 871. The molecule has 0 radical (unpaired) electrons. The van der Waals surface area contributed by atoms with Gasteiger partial charge in [0.2, 0.25) is 0 Å². The van der Waals surface area contributed by atoms with Crippen molar-refractivity contribution in [3.8, 4) is 0 Å². The van der Waals surface area contributed by atoms with Gasteiger partial charge in [-0.15, -0.1) is 0 Å². The van der Waals surface area contributed by atoms with Crippen molar-refractivity contribution < 1.29 is 0 Å². The molecule has 6 nitrogen and oxygen atoms in total.